The summed E-state index contributed by atoms with van der Waals surface area (Å²) < 4.78 is 0. The van der Waals surface area contributed by atoms with Gasteiger partial charge in [-0.05, 0) is 31.2 Å². The summed E-state index contributed by atoms with van der Waals surface area (Å²) >= 11 is 0. The summed E-state index contributed by atoms with van der Waals surface area (Å²) in [7, 11) is 1.85. The van der Waals surface area contributed by atoms with Crippen LogP contribution in [-0.4, -0.2) is 59.5 Å². The van der Waals surface area contributed by atoms with Crippen LogP contribution in [0.1, 0.15) is 37.7 Å². The van der Waals surface area contributed by atoms with Gasteiger partial charge >= 0.3 is 5.97 Å². The first kappa shape index (κ1) is 18.5. The molecule has 5 nitrogen and oxygen atoms in total. The first-order valence-electron chi connectivity index (χ1n) is 8.80. The summed E-state index contributed by atoms with van der Waals surface area (Å²) in [6, 6.07) is 10.8. The van der Waals surface area contributed by atoms with Crippen LogP contribution in [0, 0.1) is 0 Å². The molecule has 0 aliphatic carbocycles. The minimum absolute atomic E-state index is 0.0670. The van der Waals surface area contributed by atoms with E-state index >= 15 is 0 Å². The molecular formula is C19H28N2O3. The summed E-state index contributed by atoms with van der Waals surface area (Å²) in [5.74, 6) is -0.767. The molecule has 5 heteroatoms. The Hall–Kier alpha value is -1.88. The summed E-state index contributed by atoms with van der Waals surface area (Å²) in [4.78, 5) is 27.0. The van der Waals surface area contributed by atoms with E-state index in [9.17, 15) is 9.59 Å². The van der Waals surface area contributed by atoms with Gasteiger partial charge in [-0.15, -0.1) is 0 Å². The number of hydrogen-bond donors (Lipinski definition) is 1. The lowest BCUT2D eigenvalue weighted by Crippen LogP contribution is -2.46. The average molecular weight is 332 g/mol. The van der Waals surface area contributed by atoms with Gasteiger partial charge in [-0.1, -0.05) is 30.3 Å². The number of carbonyl (C=O) groups excluding carboxylic acids is 1. The Morgan fingerprint density at radius 1 is 1.17 bits per heavy atom. The van der Waals surface area contributed by atoms with Crippen molar-refractivity contribution >= 4 is 11.9 Å². The third-order valence-electron chi connectivity index (χ3n) is 4.84. The Labute approximate surface area is 144 Å². The number of rotatable bonds is 8. The second-order valence-electron chi connectivity index (χ2n) is 6.56. The van der Waals surface area contributed by atoms with E-state index in [0.29, 0.717) is 12.8 Å². The van der Waals surface area contributed by atoms with Gasteiger partial charge in [0.2, 0.25) is 5.91 Å². The van der Waals surface area contributed by atoms with Gasteiger partial charge in [-0.3, -0.25) is 9.59 Å². The summed E-state index contributed by atoms with van der Waals surface area (Å²) in [5, 5.41) is 8.65. The lowest BCUT2D eigenvalue weighted by molar-refractivity contribution is -0.137. The van der Waals surface area contributed by atoms with Crippen molar-refractivity contribution in [3.05, 3.63) is 35.9 Å². The molecule has 1 aromatic rings. The highest BCUT2D eigenvalue weighted by molar-refractivity contribution is 5.77. The number of amides is 1. The molecule has 1 saturated heterocycles. The van der Waals surface area contributed by atoms with Crippen LogP contribution in [0.5, 0.6) is 0 Å². The number of aliphatic carboxylic acids is 1. The van der Waals surface area contributed by atoms with E-state index in [1.807, 2.05) is 18.0 Å². The molecule has 0 spiro atoms. The van der Waals surface area contributed by atoms with E-state index in [4.69, 9.17) is 5.11 Å². The highest BCUT2D eigenvalue weighted by Gasteiger charge is 2.24. The van der Waals surface area contributed by atoms with E-state index < -0.39 is 5.97 Å². The number of carbonyl (C=O) groups is 2. The highest BCUT2D eigenvalue weighted by Crippen LogP contribution is 2.17. The fraction of sp³-hybridized carbons (Fsp3) is 0.579. The molecule has 1 aromatic carbocycles. The fourth-order valence-corrected chi connectivity index (χ4v) is 3.23. The maximum absolute atomic E-state index is 12.1. The normalized spacial score (nSPS) is 16.0. The van der Waals surface area contributed by atoms with Crippen molar-refractivity contribution in [1.29, 1.82) is 0 Å². The van der Waals surface area contributed by atoms with Crippen molar-refractivity contribution < 1.29 is 14.7 Å². The minimum atomic E-state index is -0.836. The maximum atomic E-state index is 12.1. The van der Waals surface area contributed by atoms with E-state index in [0.717, 1.165) is 38.9 Å². The molecule has 2 rings (SSSR count). The second kappa shape index (κ2) is 9.42. The van der Waals surface area contributed by atoms with Gasteiger partial charge in [0.05, 0.1) is 0 Å². The van der Waals surface area contributed by atoms with Crippen molar-refractivity contribution in [3.63, 3.8) is 0 Å². The first-order valence-corrected chi connectivity index (χ1v) is 8.80. The fourth-order valence-electron chi connectivity index (χ4n) is 3.23. The van der Waals surface area contributed by atoms with Gasteiger partial charge in [0.25, 0.3) is 0 Å². The zero-order valence-electron chi connectivity index (χ0n) is 14.5. The van der Waals surface area contributed by atoms with Crippen LogP contribution in [-0.2, 0) is 16.0 Å². The Morgan fingerprint density at radius 3 is 2.46 bits per heavy atom. The molecule has 132 valence electrons. The van der Waals surface area contributed by atoms with Gasteiger partial charge in [0.1, 0.15) is 0 Å². The van der Waals surface area contributed by atoms with Gasteiger partial charge in [-0.25, -0.2) is 0 Å². The van der Waals surface area contributed by atoms with Crippen molar-refractivity contribution in [2.24, 2.45) is 0 Å². The monoisotopic (exact) mass is 332 g/mol. The number of carboxylic acids is 1. The molecule has 1 aliphatic rings. The van der Waals surface area contributed by atoms with Crippen molar-refractivity contribution in [2.45, 2.75) is 44.6 Å². The largest absolute Gasteiger partial charge is 0.481 e. The van der Waals surface area contributed by atoms with Gasteiger partial charge in [-0.2, -0.15) is 0 Å². The predicted molar refractivity (Wildman–Crippen MR) is 93.9 cm³/mol. The van der Waals surface area contributed by atoms with Crippen LogP contribution < -0.4 is 0 Å². The van der Waals surface area contributed by atoms with Gasteiger partial charge in [0, 0.05) is 45.6 Å². The second-order valence-corrected chi connectivity index (χ2v) is 6.56. The SMILES string of the molecule is CN(C(=O)CCCC(=O)O)C1CCN(CCc2ccccc2)CC1. The number of carboxylic acid groups (broad SMARTS) is 1. The van der Waals surface area contributed by atoms with E-state index in [1.54, 1.807) is 0 Å². The van der Waals surface area contributed by atoms with Crippen LogP contribution in [0.2, 0.25) is 0 Å². The number of nitrogens with zero attached hydrogens (tertiary/aromatic N) is 2. The number of hydrogen-bond acceptors (Lipinski definition) is 3. The molecule has 1 N–H and O–H groups in total. The maximum Gasteiger partial charge on any atom is 0.303 e. The summed E-state index contributed by atoms with van der Waals surface area (Å²) in [6.45, 7) is 3.10. The molecule has 1 aliphatic heterocycles. The van der Waals surface area contributed by atoms with Crippen LogP contribution in [0.3, 0.4) is 0 Å². The minimum Gasteiger partial charge on any atom is -0.481 e. The number of likely N-dealkylation sites (tertiary alicyclic amines) is 1. The summed E-state index contributed by atoms with van der Waals surface area (Å²) in [5.41, 5.74) is 1.37. The van der Waals surface area contributed by atoms with Crippen LogP contribution in [0.4, 0.5) is 0 Å². The zero-order valence-corrected chi connectivity index (χ0v) is 14.5. The van der Waals surface area contributed by atoms with Crippen molar-refractivity contribution in [3.8, 4) is 0 Å². The molecule has 0 unspecified atom stereocenters. The molecule has 0 bridgehead atoms. The van der Waals surface area contributed by atoms with E-state index in [1.165, 1.54) is 5.56 Å². The molecule has 0 saturated carbocycles. The van der Waals surface area contributed by atoms with Gasteiger partial charge in [0.15, 0.2) is 0 Å². The Balaban J connectivity index is 1.67. The third-order valence-corrected chi connectivity index (χ3v) is 4.84. The zero-order chi connectivity index (χ0) is 17.4. The summed E-state index contributed by atoms with van der Waals surface area (Å²) in [6.07, 6.45) is 3.88. The topological polar surface area (TPSA) is 60.9 Å². The Bertz CT molecular complexity index is 525. The quantitative estimate of drug-likeness (QED) is 0.794. The van der Waals surface area contributed by atoms with Crippen LogP contribution in [0.25, 0.3) is 0 Å². The molecule has 0 radical (unpaired) electrons. The van der Waals surface area contributed by atoms with E-state index in [2.05, 4.69) is 29.2 Å². The van der Waals surface area contributed by atoms with Crippen LogP contribution >= 0.6 is 0 Å². The lowest BCUT2D eigenvalue weighted by atomic mass is 10.0. The molecule has 24 heavy (non-hydrogen) atoms. The molecule has 1 fully saturated rings. The number of benzene rings is 1. The number of piperidine rings is 1. The van der Waals surface area contributed by atoms with Crippen molar-refractivity contribution in [2.75, 3.05) is 26.7 Å². The smallest absolute Gasteiger partial charge is 0.303 e. The van der Waals surface area contributed by atoms with Crippen molar-refractivity contribution in [1.82, 2.24) is 9.80 Å². The highest BCUT2D eigenvalue weighted by atomic mass is 16.4. The van der Waals surface area contributed by atoms with Crippen LogP contribution in [0.15, 0.2) is 30.3 Å². The lowest BCUT2D eigenvalue weighted by Gasteiger charge is -2.36. The molecule has 0 atom stereocenters. The molecule has 1 heterocycles. The van der Waals surface area contributed by atoms with E-state index in [-0.39, 0.29) is 18.4 Å². The predicted octanol–water partition coefficient (Wildman–Crippen LogP) is 2.41. The third kappa shape index (κ3) is 5.96. The Morgan fingerprint density at radius 2 is 1.83 bits per heavy atom. The standard InChI is InChI=1S/C19H28N2O3/c1-20(18(22)8-5-9-19(23)24)17-11-14-21(15-12-17)13-10-16-6-3-2-4-7-16/h2-4,6-7,17H,5,8-15H2,1H3,(H,23,24). The first-order chi connectivity index (χ1) is 11.6. The Kier molecular flexibility index (Phi) is 7.25. The molecule has 1 amide bonds. The molecule has 0 aromatic heterocycles. The average Bonchev–Trinajstić information content (AvgIpc) is 2.60. The molecular weight excluding hydrogens is 304 g/mol. The van der Waals surface area contributed by atoms with Gasteiger partial charge < -0.3 is 14.9 Å².